The number of aromatic nitrogens is 2. The van der Waals surface area contributed by atoms with Crippen LogP contribution in [0.25, 0.3) is 0 Å². The first kappa shape index (κ1) is 23.4. The molecule has 2 N–H and O–H groups in total. The lowest BCUT2D eigenvalue weighted by molar-refractivity contribution is -0.132. The summed E-state index contributed by atoms with van der Waals surface area (Å²) in [5.74, 6) is 0.0748. The lowest BCUT2D eigenvalue weighted by atomic mass is 9.87. The summed E-state index contributed by atoms with van der Waals surface area (Å²) in [6, 6.07) is 12.3. The predicted molar refractivity (Wildman–Crippen MR) is 113 cm³/mol. The van der Waals surface area contributed by atoms with Crippen LogP contribution in [0, 0.1) is 0 Å². The minimum absolute atomic E-state index is 0. The molecule has 1 aliphatic heterocycles. The van der Waals surface area contributed by atoms with Crippen molar-refractivity contribution in [3.63, 3.8) is 0 Å². The minimum Gasteiger partial charge on any atom is -0.353 e. The number of carbonyl (C=O) groups is 1. The molecule has 0 atom stereocenters. The highest BCUT2D eigenvalue weighted by atomic mass is 35.5. The van der Waals surface area contributed by atoms with E-state index in [9.17, 15) is 4.79 Å². The standard InChI is InChI=1S/C19H27N5O.2ClH/c1-23(16-17-6-3-2-4-7-17)15-13-21-18(25)19(8-11-20-12-9-19)24-14-5-10-22-24;;/h2-7,10,14,20H,8-9,11-13,15-16H2,1H3,(H,21,25);2*1H. The number of hydrogen-bond acceptors (Lipinski definition) is 4. The van der Waals surface area contributed by atoms with Gasteiger partial charge in [0, 0.05) is 32.0 Å². The van der Waals surface area contributed by atoms with E-state index in [1.165, 1.54) is 5.56 Å². The second-order valence-electron chi connectivity index (χ2n) is 6.71. The Hall–Kier alpha value is -1.60. The fraction of sp³-hybridized carbons (Fsp3) is 0.474. The first-order valence-electron chi connectivity index (χ1n) is 8.92. The molecule has 2 heterocycles. The molecule has 0 radical (unpaired) electrons. The third-order valence-corrected chi connectivity index (χ3v) is 4.87. The smallest absolute Gasteiger partial charge is 0.248 e. The molecule has 0 spiro atoms. The summed E-state index contributed by atoms with van der Waals surface area (Å²) in [7, 11) is 2.08. The maximum absolute atomic E-state index is 12.9. The van der Waals surface area contributed by atoms with Crippen LogP contribution in [0.2, 0.25) is 0 Å². The Kier molecular flexibility index (Phi) is 9.80. The number of rotatable bonds is 7. The van der Waals surface area contributed by atoms with Crippen molar-refractivity contribution in [3.05, 3.63) is 54.4 Å². The first-order valence-corrected chi connectivity index (χ1v) is 8.92. The first-order chi connectivity index (χ1) is 12.2. The minimum atomic E-state index is -0.563. The highest BCUT2D eigenvalue weighted by molar-refractivity contribution is 5.85. The van der Waals surface area contributed by atoms with E-state index in [1.54, 1.807) is 6.20 Å². The van der Waals surface area contributed by atoms with E-state index < -0.39 is 5.54 Å². The molecule has 1 aromatic carbocycles. The summed E-state index contributed by atoms with van der Waals surface area (Å²) in [6.45, 7) is 4.00. The quantitative estimate of drug-likeness (QED) is 0.728. The molecule has 3 rings (SSSR count). The van der Waals surface area contributed by atoms with Crippen molar-refractivity contribution in [3.8, 4) is 0 Å². The Morgan fingerprint density at radius 3 is 2.56 bits per heavy atom. The fourth-order valence-corrected chi connectivity index (χ4v) is 3.42. The van der Waals surface area contributed by atoms with Crippen LogP contribution in [0.1, 0.15) is 18.4 Å². The van der Waals surface area contributed by atoms with Crippen molar-refractivity contribution in [1.29, 1.82) is 0 Å². The molecule has 2 aromatic rings. The Balaban J connectivity index is 0.00000182. The van der Waals surface area contributed by atoms with Gasteiger partial charge in [-0.1, -0.05) is 30.3 Å². The number of nitrogens with one attached hydrogen (secondary N) is 2. The molecule has 0 bridgehead atoms. The van der Waals surface area contributed by atoms with E-state index in [-0.39, 0.29) is 30.7 Å². The highest BCUT2D eigenvalue weighted by Gasteiger charge is 2.41. The molecule has 27 heavy (non-hydrogen) atoms. The predicted octanol–water partition coefficient (Wildman–Crippen LogP) is 2.05. The number of piperidine rings is 1. The molecular weight excluding hydrogens is 385 g/mol. The van der Waals surface area contributed by atoms with Crippen LogP contribution < -0.4 is 10.6 Å². The van der Waals surface area contributed by atoms with Gasteiger partial charge in [0.1, 0.15) is 5.54 Å². The third-order valence-electron chi connectivity index (χ3n) is 4.87. The highest BCUT2D eigenvalue weighted by Crippen LogP contribution is 2.27. The van der Waals surface area contributed by atoms with Crippen molar-refractivity contribution in [2.75, 3.05) is 33.2 Å². The molecule has 1 aromatic heterocycles. The van der Waals surface area contributed by atoms with Gasteiger partial charge in [-0.05, 0) is 44.6 Å². The summed E-state index contributed by atoms with van der Waals surface area (Å²) in [6.07, 6.45) is 5.16. The van der Waals surface area contributed by atoms with Crippen molar-refractivity contribution >= 4 is 30.7 Å². The van der Waals surface area contributed by atoms with Crippen molar-refractivity contribution < 1.29 is 4.79 Å². The number of nitrogens with zero attached hydrogens (tertiary/aromatic N) is 3. The van der Waals surface area contributed by atoms with Crippen LogP contribution >= 0.6 is 24.8 Å². The van der Waals surface area contributed by atoms with Crippen LogP contribution in [0.4, 0.5) is 0 Å². The van der Waals surface area contributed by atoms with E-state index in [0.29, 0.717) is 6.54 Å². The molecular formula is C19H29Cl2N5O. The zero-order chi connectivity index (χ0) is 17.5. The van der Waals surface area contributed by atoms with Gasteiger partial charge >= 0.3 is 0 Å². The maximum Gasteiger partial charge on any atom is 0.248 e. The van der Waals surface area contributed by atoms with Crippen LogP contribution in [0.5, 0.6) is 0 Å². The van der Waals surface area contributed by atoms with Gasteiger partial charge < -0.3 is 15.5 Å². The van der Waals surface area contributed by atoms with E-state index in [1.807, 2.05) is 23.0 Å². The van der Waals surface area contributed by atoms with Crippen molar-refractivity contribution in [2.24, 2.45) is 0 Å². The lowest BCUT2D eigenvalue weighted by Crippen LogP contribution is -2.55. The lowest BCUT2D eigenvalue weighted by Gasteiger charge is -2.36. The van der Waals surface area contributed by atoms with Crippen LogP contribution in [0.15, 0.2) is 48.8 Å². The van der Waals surface area contributed by atoms with Gasteiger partial charge in [-0.3, -0.25) is 9.48 Å². The van der Waals surface area contributed by atoms with Gasteiger partial charge in [-0.15, -0.1) is 24.8 Å². The van der Waals surface area contributed by atoms with Crippen LogP contribution in [-0.4, -0.2) is 53.8 Å². The average molecular weight is 414 g/mol. The number of amides is 1. The summed E-state index contributed by atoms with van der Waals surface area (Å²) in [5.41, 5.74) is 0.718. The molecule has 1 saturated heterocycles. The van der Waals surface area contributed by atoms with Crippen LogP contribution in [-0.2, 0) is 16.9 Å². The van der Waals surface area contributed by atoms with Gasteiger partial charge in [-0.25, -0.2) is 0 Å². The number of likely N-dealkylation sites (N-methyl/N-ethyl adjacent to an activating group) is 1. The van der Waals surface area contributed by atoms with Gasteiger partial charge in [0.2, 0.25) is 5.91 Å². The molecule has 0 saturated carbocycles. The zero-order valence-electron chi connectivity index (χ0n) is 15.6. The largest absolute Gasteiger partial charge is 0.353 e. The van der Waals surface area contributed by atoms with Crippen molar-refractivity contribution in [1.82, 2.24) is 25.3 Å². The number of hydrogen-bond donors (Lipinski definition) is 2. The molecule has 1 fully saturated rings. The van der Waals surface area contributed by atoms with Gasteiger partial charge in [-0.2, -0.15) is 5.10 Å². The SMILES string of the molecule is CN(CCNC(=O)C1(n2cccn2)CCNCC1)Cc1ccccc1.Cl.Cl. The Morgan fingerprint density at radius 1 is 1.22 bits per heavy atom. The van der Waals surface area contributed by atoms with E-state index in [4.69, 9.17) is 0 Å². The van der Waals surface area contributed by atoms with E-state index >= 15 is 0 Å². The molecule has 150 valence electrons. The van der Waals surface area contributed by atoms with Gasteiger partial charge in [0.15, 0.2) is 0 Å². The van der Waals surface area contributed by atoms with Crippen molar-refractivity contribution in [2.45, 2.75) is 24.9 Å². The Morgan fingerprint density at radius 2 is 1.93 bits per heavy atom. The molecule has 6 nitrogen and oxygen atoms in total. The normalized spacial score (nSPS) is 15.5. The number of halogens is 2. The third kappa shape index (κ3) is 5.94. The van der Waals surface area contributed by atoms with Gasteiger partial charge in [0.25, 0.3) is 0 Å². The van der Waals surface area contributed by atoms with E-state index in [0.717, 1.165) is 39.0 Å². The topological polar surface area (TPSA) is 62.2 Å². The maximum atomic E-state index is 12.9. The summed E-state index contributed by atoms with van der Waals surface area (Å²) >= 11 is 0. The molecule has 1 amide bonds. The summed E-state index contributed by atoms with van der Waals surface area (Å²) in [4.78, 5) is 15.2. The fourth-order valence-electron chi connectivity index (χ4n) is 3.42. The molecule has 8 heteroatoms. The summed E-state index contributed by atoms with van der Waals surface area (Å²) in [5, 5.41) is 10.8. The Labute approximate surface area is 173 Å². The monoisotopic (exact) mass is 413 g/mol. The Bertz CT molecular complexity index is 660. The number of benzene rings is 1. The van der Waals surface area contributed by atoms with Gasteiger partial charge in [0.05, 0.1) is 0 Å². The number of carbonyl (C=O) groups excluding carboxylic acids is 1. The summed E-state index contributed by atoms with van der Waals surface area (Å²) < 4.78 is 1.83. The average Bonchev–Trinajstić information content (AvgIpc) is 3.18. The second kappa shape index (κ2) is 11.3. The van der Waals surface area contributed by atoms with Crippen LogP contribution in [0.3, 0.4) is 0 Å². The van der Waals surface area contributed by atoms with E-state index in [2.05, 4.69) is 51.9 Å². The zero-order valence-corrected chi connectivity index (χ0v) is 17.3. The molecule has 0 unspecified atom stereocenters. The molecule has 0 aliphatic carbocycles. The molecule has 1 aliphatic rings. The second-order valence-corrected chi connectivity index (χ2v) is 6.71.